The Balaban J connectivity index is 1.56. The van der Waals surface area contributed by atoms with Crippen molar-refractivity contribution in [2.75, 3.05) is 0 Å². The molecule has 0 amide bonds. The van der Waals surface area contributed by atoms with Gasteiger partial charge in [-0.2, -0.15) is 0 Å². The second-order valence-electron chi connectivity index (χ2n) is 12.0. The van der Waals surface area contributed by atoms with Crippen molar-refractivity contribution in [1.29, 1.82) is 0 Å². The molecule has 154 valence electrons. The van der Waals surface area contributed by atoms with Crippen LogP contribution in [0.25, 0.3) is 0 Å². The minimum atomic E-state index is -0.0669. The summed E-state index contributed by atoms with van der Waals surface area (Å²) in [6.45, 7) is 12.7. The SMILES string of the molecule is CC1(C)CCC[C@]2(C)[C@H]3CC[C@@]4(C)Oc5ccc(O)cc5C[C@H]4[C@]3(C)CC[C@@H]12. The summed E-state index contributed by atoms with van der Waals surface area (Å²) < 4.78 is 6.69. The number of fused-ring (bicyclic) bond motifs is 6. The Hall–Kier alpha value is -1.18. The van der Waals surface area contributed by atoms with Crippen molar-refractivity contribution in [3.8, 4) is 11.5 Å². The van der Waals surface area contributed by atoms with Crippen LogP contribution in [-0.4, -0.2) is 10.7 Å². The first-order valence-electron chi connectivity index (χ1n) is 11.6. The van der Waals surface area contributed by atoms with Crippen molar-refractivity contribution in [2.24, 2.45) is 34.0 Å². The Morgan fingerprint density at radius 3 is 2.36 bits per heavy atom. The number of phenolic OH excluding ortho intramolecular Hbond substituents is 1. The first-order chi connectivity index (χ1) is 13.1. The first kappa shape index (κ1) is 18.8. The van der Waals surface area contributed by atoms with E-state index in [-0.39, 0.29) is 5.60 Å². The van der Waals surface area contributed by atoms with E-state index < -0.39 is 0 Å². The van der Waals surface area contributed by atoms with E-state index in [1.54, 1.807) is 6.07 Å². The Morgan fingerprint density at radius 1 is 0.857 bits per heavy atom. The highest BCUT2D eigenvalue weighted by molar-refractivity contribution is 5.43. The van der Waals surface area contributed by atoms with Crippen LogP contribution >= 0.6 is 0 Å². The van der Waals surface area contributed by atoms with Crippen LogP contribution in [0, 0.1) is 34.0 Å². The lowest BCUT2D eigenvalue weighted by Gasteiger charge is -2.68. The second-order valence-corrected chi connectivity index (χ2v) is 12.0. The summed E-state index contributed by atoms with van der Waals surface area (Å²) >= 11 is 0. The molecule has 1 N–H and O–H groups in total. The standard InChI is InChI=1S/C26H38O2/c1-23(2)11-6-12-24(3)20(23)9-13-25(4)21(24)10-14-26(5)22(25)16-17-15-18(27)7-8-19(17)28-26/h7-8,15,20-22,27H,6,9-14,16H2,1-5H3/t20-,21+,22-,24-,25+,26+/m0/s1. The van der Waals surface area contributed by atoms with Gasteiger partial charge < -0.3 is 9.84 Å². The monoisotopic (exact) mass is 382 g/mol. The summed E-state index contributed by atoms with van der Waals surface area (Å²) in [5, 5.41) is 10.0. The van der Waals surface area contributed by atoms with Crippen molar-refractivity contribution in [1.82, 2.24) is 0 Å². The smallest absolute Gasteiger partial charge is 0.123 e. The number of ether oxygens (including phenoxy) is 1. The lowest BCUT2D eigenvalue weighted by molar-refractivity contribution is -0.207. The molecule has 1 aromatic rings. The molecule has 3 saturated carbocycles. The van der Waals surface area contributed by atoms with Gasteiger partial charge in [0.2, 0.25) is 0 Å². The second kappa shape index (κ2) is 5.70. The molecule has 6 atom stereocenters. The Morgan fingerprint density at radius 2 is 1.57 bits per heavy atom. The maximum absolute atomic E-state index is 10.0. The topological polar surface area (TPSA) is 29.5 Å². The summed E-state index contributed by atoms with van der Waals surface area (Å²) in [6, 6.07) is 5.69. The molecule has 28 heavy (non-hydrogen) atoms. The molecular weight excluding hydrogens is 344 g/mol. The van der Waals surface area contributed by atoms with Crippen LogP contribution in [0.1, 0.15) is 85.1 Å². The minimum Gasteiger partial charge on any atom is -0.508 e. The van der Waals surface area contributed by atoms with Crippen LogP contribution in [0.2, 0.25) is 0 Å². The van der Waals surface area contributed by atoms with Gasteiger partial charge in [-0.25, -0.2) is 0 Å². The van der Waals surface area contributed by atoms with Gasteiger partial charge in [-0.15, -0.1) is 0 Å². The molecule has 4 aliphatic rings. The average Bonchev–Trinajstić information content (AvgIpc) is 2.59. The summed E-state index contributed by atoms with van der Waals surface area (Å²) in [4.78, 5) is 0. The zero-order valence-corrected chi connectivity index (χ0v) is 18.5. The molecule has 1 aliphatic heterocycles. The molecule has 0 unspecified atom stereocenters. The van der Waals surface area contributed by atoms with E-state index in [1.165, 1.54) is 50.5 Å². The van der Waals surface area contributed by atoms with Gasteiger partial charge in [-0.3, -0.25) is 0 Å². The van der Waals surface area contributed by atoms with Crippen LogP contribution in [0.3, 0.4) is 0 Å². The molecule has 1 heterocycles. The number of hydrogen-bond acceptors (Lipinski definition) is 2. The zero-order valence-electron chi connectivity index (χ0n) is 18.5. The fraction of sp³-hybridized carbons (Fsp3) is 0.769. The number of benzene rings is 1. The predicted molar refractivity (Wildman–Crippen MR) is 114 cm³/mol. The Bertz CT molecular complexity index is 798. The summed E-state index contributed by atoms with van der Waals surface area (Å²) in [5.74, 6) is 3.55. The predicted octanol–water partition coefficient (Wildman–Crippen LogP) is 6.74. The van der Waals surface area contributed by atoms with Gasteiger partial charge in [-0.1, -0.05) is 34.1 Å². The van der Waals surface area contributed by atoms with Gasteiger partial charge in [0.25, 0.3) is 0 Å². The molecule has 0 radical (unpaired) electrons. The quantitative estimate of drug-likeness (QED) is 0.538. The first-order valence-corrected chi connectivity index (χ1v) is 11.6. The van der Waals surface area contributed by atoms with E-state index >= 15 is 0 Å². The Kier molecular flexibility index (Phi) is 3.83. The lowest BCUT2D eigenvalue weighted by Crippen LogP contribution is -2.64. The van der Waals surface area contributed by atoms with E-state index in [1.807, 2.05) is 12.1 Å². The molecule has 1 aromatic carbocycles. The third-order valence-electron chi connectivity index (χ3n) is 10.1. The third-order valence-corrected chi connectivity index (χ3v) is 10.1. The van der Waals surface area contributed by atoms with Crippen molar-refractivity contribution in [3.05, 3.63) is 23.8 Å². The normalized spacial score (nSPS) is 46.4. The van der Waals surface area contributed by atoms with Crippen LogP contribution in [0.4, 0.5) is 0 Å². The van der Waals surface area contributed by atoms with Gasteiger partial charge >= 0.3 is 0 Å². The summed E-state index contributed by atoms with van der Waals surface area (Å²) in [5.41, 5.74) is 2.42. The minimum absolute atomic E-state index is 0.0669. The molecular formula is C26H38O2. The Labute approximate surface area is 171 Å². The highest BCUT2D eigenvalue weighted by Crippen LogP contribution is 2.70. The third kappa shape index (κ3) is 2.39. The molecule has 0 aromatic heterocycles. The van der Waals surface area contributed by atoms with E-state index in [0.29, 0.717) is 27.9 Å². The number of phenols is 1. The molecule has 2 nitrogen and oxygen atoms in total. The number of hydrogen-bond donors (Lipinski definition) is 1. The molecule has 2 heteroatoms. The van der Waals surface area contributed by atoms with Crippen molar-refractivity contribution >= 4 is 0 Å². The lowest BCUT2D eigenvalue weighted by atomic mass is 9.38. The molecule has 0 saturated heterocycles. The van der Waals surface area contributed by atoms with Gasteiger partial charge in [0.15, 0.2) is 0 Å². The van der Waals surface area contributed by atoms with E-state index in [9.17, 15) is 5.11 Å². The van der Waals surface area contributed by atoms with Crippen molar-refractivity contribution in [2.45, 2.75) is 91.6 Å². The largest absolute Gasteiger partial charge is 0.508 e. The molecule has 5 rings (SSSR count). The molecule has 3 fully saturated rings. The number of rotatable bonds is 0. The van der Waals surface area contributed by atoms with E-state index in [0.717, 1.165) is 24.0 Å². The number of aromatic hydroxyl groups is 1. The molecule has 0 spiro atoms. The van der Waals surface area contributed by atoms with Gasteiger partial charge in [0.1, 0.15) is 17.1 Å². The van der Waals surface area contributed by atoms with Gasteiger partial charge in [0.05, 0.1) is 0 Å². The zero-order chi connectivity index (χ0) is 19.9. The average molecular weight is 383 g/mol. The van der Waals surface area contributed by atoms with Crippen LogP contribution in [-0.2, 0) is 6.42 Å². The van der Waals surface area contributed by atoms with Crippen LogP contribution in [0.15, 0.2) is 18.2 Å². The highest BCUT2D eigenvalue weighted by Gasteiger charge is 2.65. The van der Waals surface area contributed by atoms with E-state index in [4.69, 9.17) is 4.74 Å². The summed E-state index contributed by atoms with van der Waals surface area (Å²) in [7, 11) is 0. The molecule has 0 bridgehead atoms. The summed E-state index contributed by atoms with van der Waals surface area (Å²) in [6.07, 6.45) is 10.4. The van der Waals surface area contributed by atoms with Gasteiger partial charge in [0, 0.05) is 5.92 Å². The van der Waals surface area contributed by atoms with Crippen molar-refractivity contribution in [3.63, 3.8) is 0 Å². The maximum atomic E-state index is 10.0. The van der Waals surface area contributed by atoms with Crippen LogP contribution < -0.4 is 4.74 Å². The maximum Gasteiger partial charge on any atom is 0.123 e. The van der Waals surface area contributed by atoms with E-state index in [2.05, 4.69) is 34.6 Å². The fourth-order valence-corrected chi connectivity index (χ4v) is 8.93. The van der Waals surface area contributed by atoms with Crippen molar-refractivity contribution < 1.29 is 9.84 Å². The molecule has 3 aliphatic carbocycles. The highest BCUT2D eigenvalue weighted by atomic mass is 16.5. The van der Waals surface area contributed by atoms with Crippen LogP contribution in [0.5, 0.6) is 11.5 Å². The van der Waals surface area contributed by atoms with Gasteiger partial charge in [-0.05, 0) is 104 Å². The fourth-order valence-electron chi connectivity index (χ4n) is 8.93.